The lowest BCUT2D eigenvalue weighted by Gasteiger charge is -2.35. The molecule has 0 aliphatic carbocycles. The van der Waals surface area contributed by atoms with Crippen LogP contribution < -0.4 is 9.47 Å². The highest BCUT2D eigenvalue weighted by Gasteiger charge is 2.36. The summed E-state index contributed by atoms with van der Waals surface area (Å²) < 4.78 is 24.6. The Hall–Kier alpha value is -3.75. The number of rotatable bonds is 8. The van der Waals surface area contributed by atoms with Crippen molar-refractivity contribution in [1.29, 1.82) is 0 Å². The highest BCUT2D eigenvalue weighted by atomic mass is 19.1. The van der Waals surface area contributed by atoms with E-state index in [0.29, 0.717) is 17.9 Å². The zero-order valence-corrected chi connectivity index (χ0v) is 21.8. The van der Waals surface area contributed by atoms with Crippen LogP contribution in [0.5, 0.6) is 11.5 Å². The van der Waals surface area contributed by atoms with E-state index in [2.05, 4.69) is 34.1 Å². The summed E-state index contributed by atoms with van der Waals surface area (Å²) in [5.41, 5.74) is 3.70. The number of piperazine rings is 1. The summed E-state index contributed by atoms with van der Waals surface area (Å²) in [7, 11) is 3.21. The maximum absolute atomic E-state index is 13.7. The third-order valence-corrected chi connectivity index (χ3v) is 7.22. The molecule has 0 aromatic heterocycles. The first-order chi connectivity index (χ1) is 18.5. The van der Waals surface area contributed by atoms with Gasteiger partial charge in [0.1, 0.15) is 17.3 Å². The maximum atomic E-state index is 13.7. The Labute approximate surface area is 223 Å². The summed E-state index contributed by atoms with van der Waals surface area (Å²) in [5.74, 6) is 0.938. The molecule has 0 spiro atoms. The van der Waals surface area contributed by atoms with Crippen LogP contribution in [0.1, 0.15) is 29.2 Å². The highest BCUT2D eigenvalue weighted by Crippen LogP contribution is 2.39. The molecule has 0 radical (unpaired) electrons. The molecule has 1 amide bonds. The van der Waals surface area contributed by atoms with Crippen LogP contribution in [0.2, 0.25) is 0 Å². The number of halogens is 1. The van der Waals surface area contributed by atoms with Gasteiger partial charge in [0.25, 0.3) is 5.91 Å². The molecule has 2 aliphatic rings. The van der Waals surface area contributed by atoms with Gasteiger partial charge in [-0.3, -0.25) is 14.6 Å². The minimum absolute atomic E-state index is 0.0681. The average molecular weight is 517 g/mol. The third-order valence-electron chi connectivity index (χ3n) is 7.22. The molecule has 38 heavy (non-hydrogen) atoms. The highest BCUT2D eigenvalue weighted by molar-refractivity contribution is 6.03. The Morgan fingerprint density at radius 2 is 1.63 bits per heavy atom. The molecule has 0 unspecified atom stereocenters. The molecule has 3 aromatic rings. The smallest absolute Gasteiger partial charge is 0.257 e. The van der Waals surface area contributed by atoms with Crippen molar-refractivity contribution in [1.82, 2.24) is 14.8 Å². The lowest BCUT2D eigenvalue weighted by molar-refractivity contribution is -0.134. The number of hydrogen-bond acceptors (Lipinski definition) is 6. The van der Waals surface area contributed by atoms with Crippen molar-refractivity contribution in [3.05, 3.63) is 95.3 Å². The molecule has 0 saturated carbocycles. The predicted octanol–water partition coefficient (Wildman–Crippen LogP) is 4.34. The van der Waals surface area contributed by atoms with Gasteiger partial charge in [0, 0.05) is 50.8 Å². The van der Waals surface area contributed by atoms with Crippen LogP contribution >= 0.6 is 0 Å². The van der Waals surface area contributed by atoms with E-state index in [1.165, 1.54) is 17.7 Å². The first-order valence-corrected chi connectivity index (χ1v) is 12.9. The van der Waals surface area contributed by atoms with Crippen LogP contribution in [0.25, 0.3) is 0 Å². The van der Waals surface area contributed by atoms with Crippen LogP contribution in [0.4, 0.5) is 4.39 Å². The van der Waals surface area contributed by atoms with E-state index < -0.39 is 0 Å². The summed E-state index contributed by atoms with van der Waals surface area (Å²) in [4.78, 5) is 18.3. The number of nitrogens with zero attached hydrogens (tertiary/aromatic N) is 4. The lowest BCUT2D eigenvalue weighted by atomic mass is 9.97. The number of carbonyl (C=O) groups is 1. The fourth-order valence-corrected chi connectivity index (χ4v) is 5.10. The summed E-state index contributed by atoms with van der Waals surface area (Å²) in [6.45, 7) is 4.65. The van der Waals surface area contributed by atoms with Crippen LogP contribution in [-0.2, 0) is 11.3 Å². The molecule has 0 bridgehead atoms. The van der Waals surface area contributed by atoms with Crippen LogP contribution in [-0.4, -0.2) is 73.4 Å². The van der Waals surface area contributed by atoms with E-state index in [-0.39, 0.29) is 24.3 Å². The number of hydrogen-bond donors (Lipinski definition) is 0. The Bertz CT molecular complexity index is 1270. The zero-order chi connectivity index (χ0) is 26.5. The quantitative estimate of drug-likeness (QED) is 0.446. The van der Waals surface area contributed by atoms with Gasteiger partial charge in [-0.05, 0) is 35.4 Å². The maximum Gasteiger partial charge on any atom is 0.257 e. The van der Waals surface area contributed by atoms with Crippen molar-refractivity contribution >= 4 is 11.6 Å². The largest absolute Gasteiger partial charge is 0.497 e. The Kier molecular flexibility index (Phi) is 8.00. The van der Waals surface area contributed by atoms with E-state index >= 15 is 0 Å². The van der Waals surface area contributed by atoms with Gasteiger partial charge in [0.05, 0.1) is 32.5 Å². The van der Waals surface area contributed by atoms with Crippen molar-refractivity contribution in [2.24, 2.45) is 5.10 Å². The number of hydrazone groups is 1. The van der Waals surface area contributed by atoms with Crippen LogP contribution in [0.3, 0.4) is 0 Å². The first kappa shape index (κ1) is 25.9. The Morgan fingerprint density at radius 1 is 0.921 bits per heavy atom. The molecule has 198 valence electrons. The van der Waals surface area contributed by atoms with Crippen LogP contribution in [0, 0.1) is 5.82 Å². The van der Waals surface area contributed by atoms with Gasteiger partial charge >= 0.3 is 0 Å². The SMILES string of the molecule is COc1ccc([C@H]2CC(c3ccc(F)cc3)=NN2C(=O)CN2CCN(Cc3ccccc3)CC2)c(OC)c1. The molecule has 5 rings (SSSR count). The van der Waals surface area contributed by atoms with E-state index in [0.717, 1.165) is 49.6 Å². The molecule has 2 heterocycles. The Balaban J connectivity index is 1.31. The van der Waals surface area contributed by atoms with E-state index in [9.17, 15) is 9.18 Å². The topological polar surface area (TPSA) is 57.6 Å². The Morgan fingerprint density at radius 3 is 2.32 bits per heavy atom. The van der Waals surface area contributed by atoms with E-state index in [4.69, 9.17) is 14.6 Å². The molecule has 2 aliphatic heterocycles. The number of ether oxygens (including phenoxy) is 2. The van der Waals surface area contributed by atoms with Gasteiger partial charge in [-0.1, -0.05) is 42.5 Å². The molecule has 1 atom stereocenters. The summed E-state index contributed by atoms with van der Waals surface area (Å²) in [6.07, 6.45) is 0.505. The monoisotopic (exact) mass is 516 g/mol. The second-order valence-corrected chi connectivity index (χ2v) is 9.66. The number of amides is 1. The zero-order valence-electron chi connectivity index (χ0n) is 21.8. The van der Waals surface area contributed by atoms with Crippen molar-refractivity contribution in [3.8, 4) is 11.5 Å². The van der Waals surface area contributed by atoms with E-state index in [1.54, 1.807) is 31.4 Å². The first-order valence-electron chi connectivity index (χ1n) is 12.9. The van der Waals surface area contributed by atoms with E-state index in [1.807, 2.05) is 24.3 Å². The fraction of sp³-hybridized carbons (Fsp3) is 0.333. The van der Waals surface area contributed by atoms with Gasteiger partial charge in [0.2, 0.25) is 0 Å². The van der Waals surface area contributed by atoms with Crippen molar-refractivity contribution < 1.29 is 18.7 Å². The molecule has 3 aromatic carbocycles. The lowest BCUT2D eigenvalue weighted by Crippen LogP contribution is -2.49. The predicted molar refractivity (Wildman–Crippen MR) is 145 cm³/mol. The standard InChI is InChI=1S/C30H33FN4O3/c1-37-25-12-13-26(29(18-25)38-2)28-19-27(23-8-10-24(31)11-9-23)32-35(28)30(36)21-34-16-14-33(15-17-34)20-22-6-4-3-5-7-22/h3-13,18,28H,14-17,19-21H2,1-2H3/t28-/m1/s1. The molecular weight excluding hydrogens is 483 g/mol. The molecule has 1 saturated heterocycles. The average Bonchev–Trinajstić information content (AvgIpc) is 3.40. The molecule has 8 heteroatoms. The molecule has 7 nitrogen and oxygen atoms in total. The van der Waals surface area contributed by atoms with Crippen molar-refractivity contribution in [3.63, 3.8) is 0 Å². The molecule has 0 N–H and O–H groups in total. The fourth-order valence-electron chi connectivity index (χ4n) is 5.10. The van der Waals surface area contributed by atoms with Crippen molar-refractivity contribution in [2.45, 2.75) is 19.0 Å². The van der Waals surface area contributed by atoms with Crippen LogP contribution in [0.15, 0.2) is 77.9 Å². The van der Waals surface area contributed by atoms with Gasteiger partial charge < -0.3 is 9.47 Å². The second-order valence-electron chi connectivity index (χ2n) is 9.66. The minimum atomic E-state index is -0.331. The minimum Gasteiger partial charge on any atom is -0.497 e. The second kappa shape index (κ2) is 11.8. The number of methoxy groups -OCH3 is 2. The normalized spacial score (nSPS) is 18.3. The van der Waals surface area contributed by atoms with Gasteiger partial charge in [-0.2, -0.15) is 5.10 Å². The van der Waals surface area contributed by atoms with Crippen molar-refractivity contribution in [2.75, 3.05) is 46.9 Å². The molecular formula is C30H33FN4O3. The molecule has 1 fully saturated rings. The number of carbonyl (C=O) groups excluding carboxylic acids is 1. The van der Waals surface area contributed by atoms with Gasteiger partial charge in [0.15, 0.2) is 0 Å². The summed E-state index contributed by atoms with van der Waals surface area (Å²) in [6, 6.07) is 22.0. The third kappa shape index (κ3) is 5.87. The van der Waals surface area contributed by atoms with Gasteiger partial charge in [-0.25, -0.2) is 9.40 Å². The van der Waals surface area contributed by atoms with Gasteiger partial charge in [-0.15, -0.1) is 0 Å². The summed E-state index contributed by atoms with van der Waals surface area (Å²) >= 11 is 0. The summed E-state index contributed by atoms with van der Waals surface area (Å²) in [5, 5.41) is 6.34. The number of benzene rings is 3.